The van der Waals surface area contributed by atoms with Gasteiger partial charge in [0.1, 0.15) is 5.75 Å². The first kappa shape index (κ1) is 25.2. The Labute approximate surface area is 187 Å². The Hall–Kier alpha value is -1.02. The minimum Gasteiger partial charge on any atom is -0.494 e. The van der Waals surface area contributed by atoms with Crippen LogP contribution in [0.2, 0.25) is 0 Å². The van der Waals surface area contributed by atoms with Crippen molar-refractivity contribution in [3.8, 4) is 5.75 Å². The van der Waals surface area contributed by atoms with Gasteiger partial charge in [-0.15, -0.1) is 0 Å². The van der Waals surface area contributed by atoms with E-state index in [1.807, 2.05) is 0 Å². The average Bonchev–Trinajstić information content (AvgIpc) is 3.31. The van der Waals surface area contributed by atoms with Gasteiger partial charge < -0.3 is 10.1 Å². The molecule has 1 aliphatic heterocycles. The highest BCUT2D eigenvalue weighted by atomic mass is 16.5. The fourth-order valence-corrected chi connectivity index (χ4v) is 4.61. The molecule has 1 unspecified atom stereocenters. The molecule has 1 aromatic rings. The Morgan fingerprint density at radius 2 is 1.20 bits per heavy atom. The predicted octanol–water partition coefficient (Wildman–Crippen LogP) is 8.75. The van der Waals surface area contributed by atoms with E-state index in [1.165, 1.54) is 121 Å². The number of ether oxygens (including phenoxy) is 1. The lowest BCUT2D eigenvalue weighted by Gasteiger charge is -2.12. The maximum absolute atomic E-state index is 5.92. The van der Waals surface area contributed by atoms with E-state index >= 15 is 0 Å². The van der Waals surface area contributed by atoms with E-state index in [9.17, 15) is 0 Å². The molecule has 30 heavy (non-hydrogen) atoms. The van der Waals surface area contributed by atoms with Gasteiger partial charge in [0.2, 0.25) is 0 Å². The first-order valence-corrected chi connectivity index (χ1v) is 13.4. The van der Waals surface area contributed by atoms with Crippen molar-refractivity contribution in [2.24, 2.45) is 0 Å². The minimum atomic E-state index is 0.555. The number of hydrogen-bond donors (Lipinski definition) is 1. The Morgan fingerprint density at radius 1 is 0.700 bits per heavy atom. The van der Waals surface area contributed by atoms with Crippen LogP contribution in [0.3, 0.4) is 0 Å². The molecule has 0 aromatic heterocycles. The van der Waals surface area contributed by atoms with Gasteiger partial charge in [-0.3, -0.25) is 0 Å². The van der Waals surface area contributed by atoms with Crippen LogP contribution < -0.4 is 10.1 Å². The second-order valence-electron chi connectivity index (χ2n) is 9.37. The van der Waals surface area contributed by atoms with Crippen molar-refractivity contribution in [3.05, 3.63) is 29.8 Å². The first-order chi connectivity index (χ1) is 14.9. The predicted molar refractivity (Wildman–Crippen MR) is 131 cm³/mol. The van der Waals surface area contributed by atoms with Crippen LogP contribution in [-0.2, 0) is 0 Å². The van der Waals surface area contributed by atoms with Gasteiger partial charge in [0, 0.05) is 6.04 Å². The van der Waals surface area contributed by atoms with Crippen molar-refractivity contribution >= 4 is 0 Å². The van der Waals surface area contributed by atoms with Gasteiger partial charge in [-0.2, -0.15) is 0 Å². The van der Waals surface area contributed by atoms with Crippen LogP contribution in [-0.4, -0.2) is 13.2 Å². The highest BCUT2D eigenvalue weighted by molar-refractivity contribution is 5.29. The Bertz CT molecular complexity index is 492. The molecule has 0 bridgehead atoms. The Balaban J connectivity index is 1.30. The number of benzene rings is 1. The quantitative estimate of drug-likeness (QED) is 0.228. The zero-order chi connectivity index (χ0) is 21.1. The summed E-state index contributed by atoms with van der Waals surface area (Å²) in [5, 5.41) is 3.55. The molecule has 172 valence electrons. The smallest absolute Gasteiger partial charge is 0.119 e. The van der Waals surface area contributed by atoms with Crippen LogP contribution in [0.15, 0.2) is 24.3 Å². The molecule has 1 atom stereocenters. The average molecular weight is 416 g/mol. The summed E-state index contributed by atoms with van der Waals surface area (Å²) in [5.41, 5.74) is 1.40. The van der Waals surface area contributed by atoms with Crippen LogP contribution in [0.25, 0.3) is 0 Å². The fraction of sp³-hybridized carbons (Fsp3) is 0.786. The van der Waals surface area contributed by atoms with Crippen LogP contribution in [0, 0.1) is 0 Å². The standard InChI is InChI=1S/C28H49NO/c1-2-3-4-5-6-7-8-9-10-11-12-13-14-15-16-17-25-30-27-22-20-26(21-23-27)28-19-18-24-29-28/h20-23,28-29H,2-19,24-25H2,1H3. The van der Waals surface area contributed by atoms with Crippen molar-refractivity contribution in [1.29, 1.82) is 0 Å². The summed E-state index contributed by atoms with van der Waals surface area (Å²) in [5.74, 6) is 1.03. The third-order valence-electron chi connectivity index (χ3n) is 6.61. The van der Waals surface area contributed by atoms with Crippen LogP contribution >= 0.6 is 0 Å². The zero-order valence-corrected chi connectivity index (χ0v) is 19.9. The van der Waals surface area contributed by atoms with Crippen LogP contribution in [0.1, 0.15) is 134 Å². The minimum absolute atomic E-state index is 0.555. The van der Waals surface area contributed by atoms with E-state index in [0.29, 0.717) is 6.04 Å². The third-order valence-corrected chi connectivity index (χ3v) is 6.61. The third kappa shape index (κ3) is 12.0. The molecular formula is C28H49NO. The lowest BCUT2D eigenvalue weighted by molar-refractivity contribution is 0.304. The van der Waals surface area contributed by atoms with E-state index < -0.39 is 0 Å². The molecule has 2 nitrogen and oxygen atoms in total. The van der Waals surface area contributed by atoms with Crippen LogP contribution in [0.5, 0.6) is 5.75 Å². The van der Waals surface area contributed by atoms with Gasteiger partial charge in [-0.1, -0.05) is 115 Å². The second-order valence-corrected chi connectivity index (χ2v) is 9.37. The molecule has 1 aliphatic rings. The molecule has 0 spiro atoms. The largest absolute Gasteiger partial charge is 0.494 e. The molecular weight excluding hydrogens is 366 g/mol. The molecule has 1 N–H and O–H groups in total. The lowest BCUT2D eigenvalue weighted by atomic mass is 10.0. The number of unbranched alkanes of at least 4 members (excludes halogenated alkanes) is 15. The number of rotatable bonds is 19. The van der Waals surface area contributed by atoms with Crippen molar-refractivity contribution < 1.29 is 4.74 Å². The topological polar surface area (TPSA) is 21.3 Å². The molecule has 0 aliphatic carbocycles. The molecule has 1 fully saturated rings. The fourth-order valence-electron chi connectivity index (χ4n) is 4.61. The van der Waals surface area contributed by atoms with E-state index in [0.717, 1.165) is 18.9 Å². The van der Waals surface area contributed by atoms with Gasteiger partial charge in [-0.05, 0) is 43.5 Å². The highest BCUT2D eigenvalue weighted by Crippen LogP contribution is 2.24. The van der Waals surface area contributed by atoms with Crippen molar-refractivity contribution in [1.82, 2.24) is 5.32 Å². The molecule has 2 heteroatoms. The summed E-state index contributed by atoms with van der Waals surface area (Å²) in [6.07, 6.45) is 25.2. The first-order valence-electron chi connectivity index (χ1n) is 13.4. The summed E-state index contributed by atoms with van der Waals surface area (Å²) >= 11 is 0. The van der Waals surface area contributed by atoms with Crippen molar-refractivity contribution in [2.75, 3.05) is 13.2 Å². The normalized spacial score (nSPS) is 16.2. The lowest BCUT2D eigenvalue weighted by Crippen LogP contribution is -2.12. The van der Waals surface area contributed by atoms with Crippen LogP contribution in [0.4, 0.5) is 0 Å². The second kappa shape index (κ2) is 17.6. The molecule has 0 amide bonds. The van der Waals surface area contributed by atoms with Crippen molar-refractivity contribution in [2.45, 2.75) is 129 Å². The SMILES string of the molecule is CCCCCCCCCCCCCCCCCCOc1ccc(C2CCCN2)cc1. The van der Waals surface area contributed by atoms with E-state index in [1.54, 1.807) is 0 Å². The maximum atomic E-state index is 5.92. The monoisotopic (exact) mass is 415 g/mol. The molecule has 0 radical (unpaired) electrons. The molecule has 0 saturated carbocycles. The number of nitrogens with one attached hydrogen (secondary N) is 1. The zero-order valence-electron chi connectivity index (χ0n) is 19.9. The molecule has 1 saturated heterocycles. The number of hydrogen-bond acceptors (Lipinski definition) is 2. The van der Waals surface area contributed by atoms with Crippen molar-refractivity contribution in [3.63, 3.8) is 0 Å². The molecule has 1 aromatic carbocycles. The summed E-state index contributed by atoms with van der Waals surface area (Å²) in [7, 11) is 0. The van der Waals surface area contributed by atoms with Gasteiger partial charge in [-0.25, -0.2) is 0 Å². The van der Waals surface area contributed by atoms with Gasteiger partial charge in [0.15, 0.2) is 0 Å². The summed E-state index contributed by atoms with van der Waals surface area (Å²) < 4.78 is 5.92. The Morgan fingerprint density at radius 3 is 1.67 bits per heavy atom. The summed E-state index contributed by atoms with van der Waals surface area (Å²) in [6.45, 7) is 4.31. The molecule has 2 rings (SSSR count). The summed E-state index contributed by atoms with van der Waals surface area (Å²) in [6, 6.07) is 9.29. The van der Waals surface area contributed by atoms with E-state index in [2.05, 4.69) is 36.5 Å². The molecule has 1 heterocycles. The highest BCUT2D eigenvalue weighted by Gasteiger charge is 2.15. The van der Waals surface area contributed by atoms with Gasteiger partial charge >= 0.3 is 0 Å². The summed E-state index contributed by atoms with van der Waals surface area (Å²) in [4.78, 5) is 0. The van der Waals surface area contributed by atoms with E-state index in [4.69, 9.17) is 4.74 Å². The maximum Gasteiger partial charge on any atom is 0.119 e. The van der Waals surface area contributed by atoms with Gasteiger partial charge in [0.05, 0.1) is 6.61 Å². The van der Waals surface area contributed by atoms with E-state index in [-0.39, 0.29) is 0 Å². The van der Waals surface area contributed by atoms with Gasteiger partial charge in [0.25, 0.3) is 0 Å². The Kier molecular flexibility index (Phi) is 14.8.